The summed E-state index contributed by atoms with van der Waals surface area (Å²) in [4.78, 5) is 9.73. The quantitative estimate of drug-likeness (QED) is 0.348. The van der Waals surface area contributed by atoms with Crippen LogP contribution in [-0.2, 0) is 27.3 Å². The molecular formula is C24H40N4O3. The third-order valence-electron chi connectivity index (χ3n) is 5.87. The average molecular weight is 433 g/mol. The Kier molecular flexibility index (Phi) is 10.6. The second-order valence-corrected chi connectivity index (χ2v) is 8.28. The summed E-state index contributed by atoms with van der Waals surface area (Å²) in [6, 6.07) is 8.89. The number of piperidine rings is 1. The Morgan fingerprint density at radius 2 is 1.77 bits per heavy atom. The van der Waals surface area contributed by atoms with E-state index in [0.29, 0.717) is 12.6 Å². The standard InChI is InChI=1S/C24H40N4O3/c1-3-25-24(28-11-9-23(10-12-28)31-16-4-15-29-2)26-19-21-5-7-22(8-6-21)20-27-13-17-30-18-14-27/h5-8,23H,3-4,9-20H2,1-2H3,(H,25,26). The topological polar surface area (TPSA) is 58.6 Å². The lowest BCUT2D eigenvalue weighted by atomic mass is 10.1. The molecule has 2 saturated heterocycles. The highest BCUT2D eigenvalue weighted by Gasteiger charge is 2.21. The minimum Gasteiger partial charge on any atom is -0.385 e. The molecule has 2 fully saturated rings. The number of hydrogen-bond donors (Lipinski definition) is 1. The van der Waals surface area contributed by atoms with Crippen molar-refractivity contribution in [3.8, 4) is 0 Å². The van der Waals surface area contributed by atoms with Crippen LogP contribution in [-0.4, -0.2) is 88.1 Å². The summed E-state index contributed by atoms with van der Waals surface area (Å²) in [5, 5.41) is 3.46. The van der Waals surface area contributed by atoms with E-state index in [4.69, 9.17) is 19.2 Å². The molecule has 0 atom stereocenters. The largest absolute Gasteiger partial charge is 0.385 e. The van der Waals surface area contributed by atoms with Crippen LogP contribution in [0.3, 0.4) is 0 Å². The number of ether oxygens (including phenoxy) is 3. The first-order valence-corrected chi connectivity index (χ1v) is 11.8. The van der Waals surface area contributed by atoms with E-state index in [-0.39, 0.29) is 0 Å². The number of likely N-dealkylation sites (tertiary alicyclic amines) is 1. The molecule has 2 aliphatic rings. The van der Waals surface area contributed by atoms with E-state index >= 15 is 0 Å². The maximum atomic E-state index is 5.99. The van der Waals surface area contributed by atoms with Crippen LogP contribution in [0.25, 0.3) is 0 Å². The van der Waals surface area contributed by atoms with E-state index in [1.54, 1.807) is 7.11 Å². The van der Waals surface area contributed by atoms with Crippen molar-refractivity contribution in [1.29, 1.82) is 0 Å². The first-order chi connectivity index (χ1) is 15.3. The number of nitrogens with zero attached hydrogens (tertiary/aromatic N) is 3. The Bertz CT molecular complexity index is 639. The Balaban J connectivity index is 1.46. The second-order valence-electron chi connectivity index (χ2n) is 8.28. The number of aliphatic imine (C=N–C) groups is 1. The summed E-state index contributed by atoms with van der Waals surface area (Å²) >= 11 is 0. The molecule has 0 bridgehead atoms. The van der Waals surface area contributed by atoms with Gasteiger partial charge >= 0.3 is 0 Å². The van der Waals surface area contributed by atoms with Crippen LogP contribution in [0.4, 0.5) is 0 Å². The van der Waals surface area contributed by atoms with E-state index in [1.807, 2.05) is 0 Å². The molecule has 2 heterocycles. The molecule has 0 unspecified atom stereocenters. The van der Waals surface area contributed by atoms with Crippen molar-refractivity contribution in [2.24, 2.45) is 4.99 Å². The fourth-order valence-electron chi connectivity index (χ4n) is 4.05. The number of rotatable bonds is 10. The van der Waals surface area contributed by atoms with Crippen LogP contribution in [0, 0.1) is 0 Å². The van der Waals surface area contributed by atoms with Crippen molar-refractivity contribution in [1.82, 2.24) is 15.1 Å². The first kappa shape index (κ1) is 24.0. The minimum absolute atomic E-state index is 0.356. The molecule has 7 heteroatoms. The summed E-state index contributed by atoms with van der Waals surface area (Å²) in [5.74, 6) is 1.01. The Morgan fingerprint density at radius 3 is 2.45 bits per heavy atom. The van der Waals surface area contributed by atoms with Crippen molar-refractivity contribution in [3.63, 3.8) is 0 Å². The normalized spacial score (nSPS) is 19.0. The van der Waals surface area contributed by atoms with Crippen molar-refractivity contribution in [2.45, 2.75) is 45.4 Å². The first-order valence-electron chi connectivity index (χ1n) is 11.8. The van der Waals surface area contributed by atoms with Gasteiger partial charge in [0.2, 0.25) is 0 Å². The summed E-state index contributed by atoms with van der Waals surface area (Å²) in [6.45, 7) is 12.0. The van der Waals surface area contributed by atoms with Crippen LogP contribution < -0.4 is 5.32 Å². The van der Waals surface area contributed by atoms with Gasteiger partial charge in [-0.1, -0.05) is 24.3 Å². The molecule has 0 aliphatic carbocycles. The predicted octanol–water partition coefficient (Wildman–Crippen LogP) is 2.50. The zero-order chi connectivity index (χ0) is 21.7. The Hall–Kier alpha value is -1.67. The molecule has 3 rings (SSSR count). The number of benzene rings is 1. The molecular weight excluding hydrogens is 392 g/mol. The molecule has 0 spiro atoms. The fraction of sp³-hybridized carbons (Fsp3) is 0.708. The van der Waals surface area contributed by atoms with Crippen LogP contribution in [0.5, 0.6) is 0 Å². The summed E-state index contributed by atoms with van der Waals surface area (Å²) in [7, 11) is 1.74. The molecule has 7 nitrogen and oxygen atoms in total. The summed E-state index contributed by atoms with van der Waals surface area (Å²) in [5.41, 5.74) is 2.60. The summed E-state index contributed by atoms with van der Waals surface area (Å²) in [6.07, 6.45) is 3.42. The molecule has 174 valence electrons. The molecule has 0 radical (unpaired) electrons. The van der Waals surface area contributed by atoms with E-state index < -0.39 is 0 Å². The zero-order valence-electron chi connectivity index (χ0n) is 19.4. The van der Waals surface area contributed by atoms with Gasteiger partial charge in [0.25, 0.3) is 0 Å². The monoisotopic (exact) mass is 432 g/mol. The van der Waals surface area contributed by atoms with Crippen molar-refractivity contribution >= 4 is 5.96 Å². The van der Waals surface area contributed by atoms with E-state index in [0.717, 1.165) is 90.9 Å². The van der Waals surface area contributed by atoms with Gasteiger partial charge in [-0.15, -0.1) is 0 Å². The van der Waals surface area contributed by atoms with Gasteiger partial charge in [0.1, 0.15) is 0 Å². The zero-order valence-corrected chi connectivity index (χ0v) is 19.4. The molecule has 0 saturated carbocycles. The Labute approximate surface area is 187 Å². The van der Waals surface area contributed by atoms with Crippen molar-refractivity contribution in [3.05, 3.63) is 35.4 Å². The van der Waals surface area contributed by atoms with Gasteiger partial charge in [0, 0.05) is 59.6 Å². The summed E-state index contributed by atoms with van der Waals surface area (Å²) < 4.78 is 16.5. The van der Waals surface area contributed by atoms with Crippen LogP contribution in [0.15, 0.2) is 29.3 Å². The molecule has 1 aromatic rings. The van der Waals surface area contributed by atoms with Gasteiger partial charge in [0.05, 0.1) is 25.9 Å². The van der Waals surface area contributed by atoms with Gasteiger partial charge in [0.15, 0.2) is 5.96 Å². The number of methoxy groups -OCH3 is 1. The lowest BCUT2D eigenvalue weighted by Crippen LogP contribution is -2.47. The minimum atomic E-state index is 0.356. The molecule has 1 N–H and O–H groups in total. The highest BCUT2D eigenvalue weighted by molar-refractivity contribution is 5.80. The highest BCUT2D eigenvalue weighted by atomic mass is 16.5. The SMILES string of the molecule is CCNC(=NCc1ccc(CN2CCOCC2)cc1)N1CCC(OCCCOC)CC1. The van der Waals surface area contributed by atoms with Gasteiger partial charge in [-0.25, -0.2) is 4.99 Å². The van der Waals surface area contributed by atoms with E-state index in [9.17, 15) is 0 Å². The van der Waals surface area contributed by atoms with E-state index in [1.165, 1.54) is 11.1 Å². The van der Waals surface area contributed by atoms with Gasteiger partial charge in [-0.3, -0.25) is 4.90 Å². The average Bonchev–Trinajstić information content (AvgIpc) is 2.82. The number of hydrogen-bond acceptors (Lipinski definition) is 5. The lowest BCUT2D eigenvalue weighted by Gasteiger charge is -2.34. The number of guanidine groups is 1. The maximum absolute atomic E-state index is 5.99. The molecule has 0 amide bonds. The van der Waals surface area contributed by atoms with Gasteiger partial charge in [-0.2, -0.15) is 0 Å². The third-order valence-corrected chi connectivity index (χ3v) is 5.87. The number of morpholine rings is 1. The molecule has 2 aliphatic heterocycles. The third kappa shape index (κ3) is 8.41. The second kappa shape index (κ2) is 13.7. The Morgan fingerprint density at radius 1 is 1.06 bits per heavy atom. The fourth-order valence-corrected chi connectivity index (χ4v) is 4.05. The lowest BCUT2D eigenvalue weighted by molar-refractivity contribution is 0.00990. The molecule has 1 aromatic carbocycles. The van der Waals surface area contributed by atoms with Crippen LogP contribution in [0.1, 0.15) is 37.3 Å². The van der Waals surface area contributed by atoms with Crippen molar-refractivity contribution in [2.75, 3.05) is 66.3 Å². The van der Waals surface area contributed by atoms with Crippen molar-refractivity contribution < 1.29 is 14.2 Å². The van der Waals surface area contributed by atoms with E-state index in [2.05, 4.69) is 46.3 Å². The van der Waals surface area contributed by atoms with Gasteiger partial charge < -0.3 is 24.4 Å². The number of nitrogens with one attached hydrogen (secondary N) is 1. The molecule has 31 heavy (non-hydrogen) atoms. The maximum Gasteiger partial charge on any atom is 0.194 e. The smallest absolute Gasteiger partial charge is 0.194 e. The highest BCUT2D eigenvalue weighted by Crippen LogP contribution is 2.15. The molecule has 0 aromatic heterocycles. The van der Waals surface area contributed by atoms with Crippen LogP contribution >= 0.6 is 0 Å². The van der Waals surface area contributed by atoms with Gasteiger partial charge in [-0.05, 0) is 37.3 Å². The predicted molar refractivity (Wildman–Crippen MR) is 124 cm³/mol. The van der Waals surface area contributed by atoms with Crippen LogP contribution in [0.2, 0.25) is 0 Å².